The second-order valence-electron chi connectivity index (χ2n) is 7.25. The Balaban J connectivity index is 1.76. The van der Waals surface area contributed by atoms with Crippen LogP contribution in [0.1, 0.15) is 46.4 Å². The number of nitrogens with zero attached hydrogens (tertiary/aromatic N) is 1. The van der Waals surface area contributed by atoms with Crippen molar-refractivity contribution in [3.05, 3.63) is 52.7 Å². The maximum atomic E-state index is 12.3. The summed E-state index contributed by atoms with van der Waals surface area (Å²) < 4.78 is 5.52. The van der Waals surface area contributed by atoms with Crippen LogP contribution in [0.2, 0.25) is 0 Å². The average Bonchev–Trinajstić information content (AvgIpc) is 3.32. The molecule has 2 aromatic carbocycles. The second kappa shape index (κ2) is 7.16. The number of fused-ring (bicyclic) bond motifs is 1. The van der Waals surface area contributed by atoms with Crippen LogP contribution in [0, 0.1) is 13.8 Å². The van der Waals surface area contributed by atoms with E-state index >= 15 is 0 Å². The van der Waals surface area contributed by atoms with E-state index in [1.807, 2.05) is 19.1 Å². The van der Waals surface area contributed by atoms with Crippen LogP contribution in [-0.4, -0.2) is 35.9 Å². The van der Waals surface area contributed by atoms with E-state index in [4.69, 9.17) is 4.74 Å². The molecule has 0 saturated carbocycles. The first-order chi connectivity index (χ1) is 13.1. The number of hydrogen-bond acceptors (Lipinski definition) is 3. The third kappa shape index (κ3) is 3.23. The second-order valence-corrected chi connectivity index (χ2v) is 7.25. The molecule has 0 radical (unpaired) electrons. The molecule has 2 heterocycles. The maximum absolute atomic E-state index is 12.3. The number of aromatic amines is 1. The number of carbonyl (C=O) groups excluding carboxylic acids is 1. The Morgan fingerprint density at radius 1 is 1.30 bits per heavy atom. The fraction of sp³-hybridized carbons (Fsp3) is 0.364. The summed E-state index contributed by atoms with van der Waals surface area (Å²) in [5.74, 6) is 0.336. The topological polar surface area (TPSA) is 67.0 Å². The van der Waals surface area contributed by atoms with Gasteiger partial charge < -0.3 is 10.1 Å². The highest BCUT2D eigenvalue weighted by molar-refractivity contribution is 5.96. The highest BCUT2D eigenvalue weighted by atomic mass is 16.5. The van der Waals surface area contributed by atoms with Gasteiger partial charge in [-0.1, -0.05) is 12.1 Å². The molecule has 0 aliphatic carbocycles. The van der Waals surface area contributed by atoms with Crippen LogP contribution in [0.3, 0.4) is 0 Å². The van der Waals surface area contributed by atoms with Gasteiger partial charge in [0, 0.05) is 30.0 Å². The van der Waals surface area contributed by atoms with Crippen LogP contribution in [0.4, 0.5) is 0 Å². The molecule has 1 amide bonds. The van der Waals surface area contributed by atoms with Crippen molar-refractivity contribution < 1.29 is 9.53 Å². The first-order valence-corrected chi connectivity index (χ1v) is 9.54. The molecule has 1 aliphatic rings. The van der Waals surface area contributed by atoms with Gasteiger partial charge in [-0.05, 0) is 67.6 Å². The lowest BCUT2D eigenvalue weighted by Crippen LogP contribution is -2.22. The molecule has 3 aromatic rings. The summed E-state index contributed by atoms with van der Waals surface area (Å²) in [5, 5.41) is 11.8. The van der Waals surface area contributed by atoms with E-state index in [-0.39, 0.29) is 5.91 Å². The number of carbonyl (C=O) groups is 1. The van der Waals surface area contributed by atoms with Gasteiger partial charge in [0.25, 0.3) is 5.91 Å². The smallest absolute Gasteiger partial charge is 0.251 e. The summed E-state index contributed by atoms with van der Waals surface area (Å²) in [6.45, 7) is 8.25. The summed E-state index contributed by atoms with van der Waals surface area (Å²) in [7, 11) is 0. The SMILES string of the molecule is CCNC(=O)c1cc(C)c(C)c(-c2ccc3c(C4CCOC4)n[nH]c3c2)c1. The molecule has 1 saturated heterocycles. The van der Waals surface area contributed by atoms with Crippen LogP contribution < -0.4 is 5.32 Å². The number of rotatable bonds is 4. The molecular formula is C22H25N3O2. The predicted molar refractivity (Wildman–Crippen MR) is 107 cm³/mol. The van der Waals surface area contributed by atoms with Crippen LogP contribution in [0.5, 0.6) is 0 Å². The largest absolute Gasteiger partial charge is 0.381 e. The monoisotopic (exact) mass is 363 g/mol. The minimum absolute atomic E-state index is 0.0343. The predicted octanol–water partition coefficient (Wildman–Crippen LogP) is 4.10. The van der Waals surface area contributed by atoms with Crippen LogP contribution >= 0.6 is 0 Å². The molecule has 140 valence electrons. The Morgan fingerprint density at radius 3 is 2.89 bits per heavy atom. The molecule has 4 rings (SSSR count). The molecule has 1 unspecified atom stereocenters. The lowest BCUT2D eigenvalue weighted by atomic mass is 9.93. The number of amides is 1. The molecular weight excluding hydrogens is 338 g/mol. The van der Waals surface area contributed by atoms with Gasteiger partial charge in [-0.3, -0.25) is 9.89 Å². The number of H-pyrrole nitrogens is 1. The molecule has 27 heavy (non-hydrogen) atoms. The quantitative estimate of drug-likeness (QED) is 0.733. The molecule has 5 nitrogen and oxygen atoms in total. The number of benzene rings is 2. The number of hydrogen-bond donors (Lipinski definition) is 2. The lowest BCUT2D eigenvalue weighted by Gasteiger charge is -2.13. The van der Waals surface area contributed by atoms with Crippen LogP contribution in [-0.2, 0) is 4.74 Å². The average molecular weight is 363 g/mol. The Bertz CT molecular complexity index is 1000. The van der Waals surface area contributed by atoms with Crippen molar-refractivity contribution >= 4 is 16.8 Å². The van der Waals surface area contributed by atoms with E-state index in [2.05, 4.69) is 47.6 Å². The van der Waals surface area contributed by atoms with Crippen molar-refractivity contribution in [3.63, 3.8) is 0 Å². The summed E-state index contributed by atoms with van der Waals surface area (Å²) in [4.78, 5) is 12.3. The van der Waals surface area contributed by atoms with Gasteiger partial charge in [0.15, 0.2) is 0 Å². The van der Waals surface area contributed by atoms with E-state index in [1.165, 1.54) is 5.56 Å². The molecule has 0 bridgehead atoms. The molecule has 5 heteroatoms. The fourth-order valence-corrected chi connectivity index (χ4v) is 3.82. The maximum Gasteiger partial charge on any atom is 0.251 e. The molecule has 1 fully saturated rings. The normalized spacial score (nSPS) is 16.8. The van der Waals surface area contributed by atoms with Crippen molar-refractivity contribution in [1.82, 2.24) is 15.5 Å². The van der Waals surface area contributed by atoms with Gasteiger partial charge in [-0.2, -0.15) is 5.10 Å². The Hall–Kier alpha value is -2.66. The third-order valence-corrected chi connectivity index (χ3v) is 5.49. The molecule has 1 atom stereocenters. The Labute approximate surface area is 159 Å². The van der Waals surface area contributed by atoms with E-state index in [9.17, 15) is 4.79 Å². The molecule has 2 N–H and O–H groups in total. The number of nitrogens with one attached hydrogen (secondary N) is 2. The van der Waals surface area contributed by atoms with Crippen molar-refractivity contribution in [1.29, 1.82) is 0 Å². The number of ether oxygens (including phenoxy) is 1. The standard InChI is InChI=1S/C22H25N3O2/c1-4-23-22(26)17-9-13(2)14(3)19(10-17)15-5-6-18-20(11-15)24-25-21(18)16-7-8-27-12-16/h5-6,9-11,16H,4,7-8,12H2,1-3H3,(H,23,26)(H,24,25). The van der Waals surface area contributed by atoms with Crippen LogP contribution in [0.25, 0.3) is 22.0 Å². The van der Waals surface area contributed by atoms with E-state index in [0.29, 0.717) is 18.0 Å². The van der Waals surface area contributed by atoms with Gasteiger partial charge in [-0.15, -0.1) is 0 Å². The summed E-state index contributed by atoms with van der Waals surface area (Å²) in [5.41, 5.74) is 7.29. The molecule has 0 spiro atoms. The van der Waals surface area contributed by atoms with E-state index in [1.54, 1.807) is 0 Å². The number of aromatic nitrogens is 2. The lowest BCUT2D eigenvalue weighted by molar-refractivity contribution is 0.0956. The van der Waals surface area contributed by atoms with Gasteiger partial charge in [-0.25, -0.2) is 0 Å². The van der Waals surface area contributed by atoms with E-state index in [0.717, 1.165) is 52.9 Å². The first kappa shape index (κ1) is 17.7. The van der Waals surface area contributed by atoms with E-state index < -0.39 is 0 Å². The van der Waals surface area contributed by atoms with Gasteiger partial charge >= 0.3 is 0 Å². The highest BCUT2D eigenvalue weighted by Crippen LogP contribution is 2.33. The Morgan fingerprint density at radius 2 is 2.15 bits per heavy atom. The zero-order chi connectivity index (χ0) is 19.0. The minimum Gasteiger partial charge on any atom is -0.381 e. The van der Waals surface area contributed by atoms with Crippen molar-refractivity contribution in [2.75, 3.05) is 19.8 Å². The minimum atomic E-state index is -0.0343. The van der Waals surface area contributed by atoms with Crippen molar-refractivity contribution in [2.24, 2.45) is 0 Å². The fourth-order valence-electron chi connectivity index (χ4n) is 3.82. The molecule has 1 aromatic heterocycles. The van der Waals surface area contributed by atoms with Crippen molar-refractivity contribution in [2.45, 2.75) is 33.1 Å². The zero-order valence-corrected chi connectivity index (χ0v) is 16.1. The third-order valence-electron chi connectivity index (χ3n) is 5.49. The summed E-state index contributed by atoms with van der Waals surface area (Å²) in [6.07, 6.45) is 1.02. The van der Waals surface area contributed by atoms with Gasteiger partial charge in [0.2, 0.25) is 0 Å². The molecule has 1 aliphatic heterocycles. The van der Waals surface area contributed by atoms with Gasteiger partial charge in [0.1, 0.15) is 0 Å². The number of aryl methyl sites for hydroxylation is 1. The zero-order valence-electron chi connectivity index (χ0n) is 16.1. The van der Waals surface area contributed by atoms with Crippen molar-refractivity contribution in [3.8, 4) is 11.1 Å². The van der Waals surface area contributed by atoms with Crippen LogP contribution in [0.15, 0.2) is 30.3 Å². The summed E-state index contributed by atoms with van der Waals surface area (Å²) in [6, 6.07) is 10.3. The summed E-state index contributed by atoms with van der Waals surface area (Å²) >= 11 is 0. The highest BCUT2D eigenvalue weighted by Gasteiger charge is 2.22. The Kier molecular flexibility index (Phi) is 4.70. The first-order valence-electron chi connectivity index (χ1n) is 9.54. The van der Waals surface area contributed by atoms with Gasteiger partial charge in [0.05, 0.1) is 17.8 Å².